The molecule has 0 fully saturated rings. The first-order valence-corrected chi connectivity index (χ1v) is 5.17. The summed E-state index contributed by atoms with van der Waals surface area (Å²) in [6.07, 6.45) is 3.19. The number of hydrogen-bond donors (Lipinski definition) is 0. The summed E-state index contributed by atoms with van der Waals surface area (Å²) in [7, 11) is 0. The molecule has 0 N–H and O–H groups in total. The summed E-state index contributed by atoms with van der Waals surface area (Å²) in [5, 5.41) is 0.404. The van der Waals surface area contributed by atoms with Crippen LogP contribution in [0, 0.1) is 0 Å². The smallest absolute Gasteiger partial charge is 0.147 e. The first kappa shape index (κ1) is 9.62. The summed E-state index contributed by atoms with van der Waals surface area (Å²) in [6.45, 7) is 0. The lowest BCUT2D eigenvalue weighted by Gasteiger charge is -2.02. The van der Waals surface area contributed by atoms with Gasteiger partial charge in [0, 0.05) is 10.0 Å². The van der Waals surface area contributed by atoms with Crippen LogP contribution in [0.2, 0.25) is 5.15 Å². The van der Waals surface area contributed by atoms with E-state index in [0.29, 0.717) is 5.15 Å². The van der Waals surface area contributed by atoms with Crippen molar-refractivity contribution in [1.29, 1.82) is 0 Å². The van der Waals surface area contributed by atoms with Gasteiger partial charge in [0.05, 0.1) is 18.1 Å². The predicted molar refractivity (Wildman–Crippen MR) is 60.2 cm³/mol. The predicted octanol–water partition coefficient (Wildman–Crippen LogP) is 3.56. The Bertz CT molecular complexity index is 442. The van der Waals surface area contributed by atoms with Crippen molar-refractivity contribution < 1.29 is 0 Å². The Labute approximate surface area is 95.1 Å². The van der Waals surface area contributed by atoms with Crippen LogP contribution in [-0.4, -0.2) is 9.97 Å². The molecule has 70 valence electrons. The molecule has 2 aromatic rings. The number of aromatic nitrogens is 2. The molecule has 0 aliphatic heterocycles. The monoisotopic (exact) mass is 268 g/mol. The van der Waals surface area contributed by atoms with Gasteiger partial charge in [-0.15, -0.1) is 0 Å². The molecule has 0 bridgehead atoms. The zero-order chi connectivity index (χ0) is 9.97. The molecule has 0 spiro atoms. The Hall–Kier alpha value is -0.930. The van der Waals surface area contributed by atoms with Crippen molar-refractivity contribution in [2.45, 2.75) is 0 Å². The Balaban J connectivity index is 2.50. The van der Waals surface area contributed by atoms with Crippen LogP contribution >= 0.6 is 27.5 Å². The third-order valence-electron chi connectivity index (χ3n) is 1.77. The molecule has 14 heavy (non-hydrogen) atoms. The van der Waals surface area contributed by atoms with Crippen LogP contribution in [0.1, 0.15) is 0 Å². The molecule has 4 heteroatoms. The van der Waals surface area contributed by atoms with Crippen LogP contribution in [0.3, 0.4) is 0 Å². The van der Waals surface area contributed by atoms with Crippen molar-refractivity contribution in [2.24, 2.45) is 0 Å². The van der Waals surface area contributed by atoms with Crippen molar-refractivity contribution in [3.63, 3.8) is 0 Å². The van der Waals surface area contributed by atoms with E-state index >= 15 is 0 Å². The highest BCUT2D eigenvalue weighted by Gasteiger charge is 2.03. The summed E-state index contributed by atoms with van der Waals surface area (Å²) >= 11 is 9.10. The van der Waals surface area contributed by atoms with Crippen molar-refractivity contribution in [2.75, 3.05) is 0 Å². The molecule has 0 radical (unpaired) electrons. The zero-order valence-electron chi connectivity index (χ0n) is 7.11. The van der Waals surface area contributed by atoms with Crippen LogP contribution in [-0.2, 0) is 0 Å². The van der Waals surface area contributed by atoms with Crippen LogP contribution in [0.15, 0.2) is 41.1 Å². The largest absolute Gasteiger partial charge is 0.251 e. The molecule has 1 aromatic heterocycles. The second kappa shape index (κ2) is 4.07. The summed E-state index contributed by atoms with van der Waals surface area (Å²) in [4.78, 5) is 8.16. The third kappa shape index (κ3) is 1.94. The molecule has 2 rings (SSSR count). The van der Waals surface area contributed by atoms with E-state index in [1.807, 2.05) is 24.3 Å². The van der Waals surface area contributed by atoms with Gasteiger partial charge in [0.25, 0.3) is 0 Å². The lowest BCUT2D eigenvalue weighted by molar-refractivity contribution is 1.20. The zero-order valence-corrected chi connectivity index (χ0v) is 9.46. The van der Waals surface area contributed by atoms with E-state index in [-0.39, 0.29) is 0 Å². The fraction of sp³-hybridized carbons (Fsp3) is 0. The number of benzene rings is 1. The van der Waals surface area contributed by atoms with E-state index in [4.69, 9.17) is 11.6 Å². The maximum Gasteiger partial charge on any atom is 0.147 e. The molecule has 0 aliphatic rings. The van der Waals surface area contributed by atoms with Gasteiger partial charge in [-0.1, -0.05) is 45.7 Å². The quantitative estimate of drug-likeness (QED) is 0.791. The van der Waals surface area contributed by atoms with Crippen LogP contribution in [0.5, 0.6) is 0 Å². The summed E-state index contributed by atoms with van der Waals surface area (Å²) in [5.41, 5.74) is 1.82. The summed E-state index contributed by atoms with van der Waals surface area (Å²) in [5.74, 6) is 0. The topological polar surface area (TPSA) is 25.8 Å². The summed E-state index contributed by atoms with van der Waals surface area (Å²) < 4.78 is 0.997. The van der Waals surface area contributed by atoms with Crippen LogP contribution < -0.4 is 0 Å². The van der Waals surface area contributed by atoms with E-state index < -0.39 is 0 Å². The average molecular weight is 270 g/mol. The van der Waals surface area contributed by atoms with Gasteiger partial charge >= 0.3 is 0 Å². The Morgan fingerprint density at radius 3 is 2.50 bits per heavy atom. The molecule has 1 heterocycles. The van der Waals surface area contributed by atoms with Gasteiger partial charge in [0.15, 0.2) is 0 Å². The first-order valence-electron chi connectivity index (χ1n) is 4.00. The van der Waals surface area contributed by atoms with Gasteiger partial charge in [-0.25, -0.2) is 4.98 Å². The Kier molecular flexibility index (Phi) is 2.79. The number of rotatable bonds is 1. The highest BCUT2D eigenvalue weighted by Crippen LogP contribution is 2.25. The van der Waals surface area contributed by atoms with Crippen molar-refractivity contribution >= 4 is 27.5 Å². The Morgan fingerprint density at radius 2 is 1.86 bits per heavy atom. The number of halogens is 2. The van der Waals surface area contributed by atoms with Crippen molar-refractivity contribution in [3.05, 3.63) is 46.3 Å². The number of hydrogen-bond acceptors (Lipinski definition) is 2. The van der Waals surface area contributed by atoms with E-state index in [2.05, 4.69) is 25.9 Å². The molecule has 0 saturated heterocycles. The average Bonchev–Trinajstić information content (AvgIpc) is 2.20. The fourth-order valence-corrected chi connectivity index (χ4v) is 1.71. The molecule has 2 nitrogen and oxygen atoms in total. The van der Waals surface area contributed by atoms with Gasteiger partial charge < -0.3 is 0 Å². The first-order chi connectivity index (χ1) is 6.77. The fourth-order valence-electron chi connectivity index (χ4n) is 1.12. The van der Waals surface area contributed by atoms with Gasteiger partial charge in [-0.2, -0.15) is 0 Å². The third-order valence-corrected chi connectivity index (χ3v) is 2.66. The standard InChI is InChI=1S/C10H6BrClN2/c11-8-4-2-1-3-7(8)9-5-14-10(12)6-13-9/h1-6H. The van der Waals surface area contributed by atoms with E-state index in [0.717, 1.165) is 15.7 Å². The van der Waals surface area contributed by atoms with Crippen molar-refractivity contribution in [1.82, 2.24) is 9.97 Å². The van der Waals surface area contributed by atoms with Crippen LogP contribution in [0.25, 0.3) is 11.3 Å². The lowest BCUT2D eigenvalue weighted by atomic mass is 10.2. The maximum absolute atomic E-state index is 5.65. The molecule has 0 aliphatic carbocycles. The second-order valence-electron chi connectivity index (χ2n) is 2.70. The Morgan fingerprint density at radius 1 is 1.07 bits per heavy atom. The highest BCUT2D eigenvalue weighted by molar-refractivity contribution is 9.10. The van der Waals surface area contributed by atoms with E-state index in [9.17, 15) is 0 Å². The van der Waals surface area contributed by atoms with Gasteiger partial charge in [-0.3, -0.25) is 4.98 Å². The molecule has 0 saturated carbocycles. The van der Waals surface area contributed by atoms with Crippen LogP contribution in [0.4, 0.5) is 0 Å². The minimum atomic E-state index is 0.404. The molecule has 0 unspecified atom stereocenters. The minimum Gasteiger partial charge on any atom is -0.251 e. The molecular formula is C10H6BrClN2. The second-order valence-corrected chi connectivity index (χ2v) is 3.95. The normalized spacial score (nSPS) is 10.1. The van der Waals surface area contributed by atoms with Gasteiger partial charge in [0.2, 0.25) is 0 Å². The SMILES string of the molecule is Clc1cnc(-c2ccccc2Br)cn1. The summed E-state index contributed by atoms with van der Waals surface area (Å²) in [6, 6.07) is 7.85. The maximum atomic E-state index is 5.65. The lowest BCUT2D eigenvalue weighted by Crippen LogP contribution is -1.86. The molecule has 0 atom stereocenters. The van der Waals surface area contributed by atoms with Gasteiger partial charge in [-0.05, 0) is 6.07 Å². The minimum absolute atomic E-state index is 0.404. The number of nitrogens with zero attached hydrogens (tertiary/aromatic N) is 2. The van der Waals surface area contributed by atoms with E-state index in [1.54, 1.807) is 6.20 Å². The van der Waals surface area contributed by atoms with Crippen molar-refractivity contribution in [3.8, 4) is 11.3 Å². The molecular weight excluding hydrogens is 263 g/mol. The highest BCUT2D eigenvalue weighted by atomic mass is 79.9. The molecule has 0 amide bonds. The molecule has 1 aromatic carbocycles. The van der Waals surface area contributed by atoms with E-state index in [1.165, 1.54) is 6.20 Å². The van der Waals surface area contributed by atoms with Gasteiger partial charge in [0.1, 0.15) is 5.15 Å².